The molecular weight excluding hydrogens is 250 g/mol. The molecule has 0 aliphatic heterocycles. The minimum atomic E-state index is -1.15. The fourth-order valence-electron chi connectivity index (χ4n) is 1.48. The van der Waals surface area contributed by atoms with Crippen LogP contribution in [0.3, 0.4) is 0 Å². The molecule has 1 amide bonds. The molecule has 0 aromatic heterocycles. The van der Waals surface area contributed by atoms with E-state index < -0.39 is 17.9 Å². The Morgan fingerprint density at radius 1 is 1.32 bits per heavy atom. The number of aliphatic hydroxyl groups is 1. The van der Waals surface area contributed by atoms with Crippen LogP contribution >= 0.6 is 0 Å². The van der Waals surface area contributed by atoms with Gasteiger partial charge in [-0.1, -0.05) is 12.1 Å². The van der Waals surface area contributed by atoms with Crippen LogP contribution in [0.15, 0.2) is 24.3 Å². The molecule has 0 radical (unpaired) electrons. The van der Waals surface area contributed by atoms with Crippen LogP contribution in [-0.4, -0.2) is 41.3 Å². The minimum absolute atomic E-state index is 0.0732. The van der Waals surface area contributed by atoms with E-state index in [1.54, 1.807) is 24.3 Å². The lowest BCUT2D eigenvalue weighted by molar-refractivity contribution is -0.142. The van der Waals surface area contributed by atoms with Crippen LogP contribution in [0.25, 0.3) is 0 Å². The highest BCUT2D eigenvalue weighted by Crippen LogP contribution is 2.12. The largest absolute Gasteiger partial charge is 0.491 e. The van der Waals surface area contributed by atoms with Crippen molar-refractivity contribution in [2.45, 2.75) is 19.4 Å². The molecule has 1 unspecified atom stereocenters. The maximum Gasteiger partial charge on any atom is 0.329 e. The predicted octanol–water partition coefficient (Wildman–Crippen LogP) is 0.189. The molecule has 0 heterocycles. The van der Waals surface area contributed by atoms with Gasteiger partial charge in [0.15, 0.2) is 6.04 Å². The van der Waals surface area contributed by atoms with E-state index in [9.17, 15) is 9.59 Å². The van der Waals surface area contributed by atoms with Crippen molar-refractivity contribution in [3.8, 4) is 5.75 Å². The third-order valence-corrected chi connectivity index (χ3v) is 2.42. The summed E-state index contributed by atoms with van der Waals surface area (Å²) < 4.78 is 5.31. The number of aliphatic carboxylic acids is 1. The molecule has 0 aliphatic rings. The molecule has 1 rings (SSSR count). The summed E-state index contributed by atoms with van der Waals surface area (Å²) in [4.78, 5) is 21.7. The molecule has 1 aromatic rings. The molecule has 0 aliphatic carbocycles. The highest BCUT2D eigenvalue weighted by molar-refractivity contribution is 5.82. The second-order valence-corrected chi connectivity index (χ2v) is 4.02. The number of carboxylic acid groups (broad SMARTS) is 1. The quantitative estimate of drug-likeness (QED) is 0.655. The third-order valence-electron chi connectivity index (χ3n) is 2.42. The molecule has 6 nitrogen and oxygen atoms in total. The Hall–Kier alpha value is -2.08. The number of rotatable bonds is 7. The van der Waals surface area contributed by atoms with Gasteiger partial charge in [0.2, 0.25) is 5.91 Å². The van der Waals surface area contributed by atoms with Gasteiger partial charge in [0.05, 0.1) is 0 Å². The molecular formula is C13H17NO5. The highest BCUT2D eigenvalue weighted by atomic mass is 16.5. The summed E-state index contributed by atoms with van der Waals surface area (Å²) in [5, 5.41) is 19.9. The number of carbonyl (C=O) groups is 2. The van der Waals surface area contributed by atoms with Crippen LogP contribution in [-0.2, 0) is 16.0 Å². The molecule has 1 aromatic carbocycles. The maximum atomic E-state index is 10.9. The number of hydrogen-bond donors (Lipinski definition) is 3. The zero-order valence-corrected chi connectivity index (χ0v) is 10.6. The van der Waals surface area contributed by atoms with Crippen LogP contribution in [0.5, 0.6) is 5.75 Å². The topological polar surface area (TPSA) is 95.9 Å². The van der Waals surface area contributed by atoms with Gasteiger partial charge in [-0.05, 0) is 24.1 Å². The van der Waals surface area contributed by atoms with E-state index in [1.807, 2.05) is 0 Å². The van der Waals surface area contributed by atoms with Crippen molar-refractivity contribution in [2.75, 3.05) is 13.2 Å². The van der Waals surface area contributed by atoms with E-state index in [0.29, 0.717) is 12.2 Å². The molecule has 0 spiro atoms. The number of ether oxygens (including phenoxy) is 1. The second-order valence-electron chi connectivity index (χ2n) is 4.02. The monoisotopic (exact) mass is 267 g/mol. The van der Waals surface area contributed by atoms with Crippen molar-refractivity contribution < 1.29 is 24.5 Å². The SMILES string of the molecule is CC(=O)NC(COc1ccc(CCO)cc1)C(=O)O. The van der Waals surface area contributed by atoms with E-state index in [0.717, 1.165) is 5.56 Å². The molecule has 0 fully saturated rings. The maximum absolute atomic E-state index is 10.9. The normalized spacial score (nSPS) is 11.7. The third kappa shape index (κ3) is 5.39. The molecule has 0 saturated carbocycles. The Bertz CT molecular complexity index is 429. The lowest BCUT2D eigenvalue weighted by Gasteiger charge is -2.14. The van der Waals surface area contributed by atoms with Gasteiger partial charge in [-0.15, -0.1) is 0 Å². The summed E-state index contributed by atoms with van der Waals surface area (Å²) in [7, 11) is 0. The van der Waals surface area contributed by atoms with Gasteiger partial charge in [-0.25, -0.2) is 4.79 Å². The summed E-state index contributed by atoms with van der Waals surface area (Å²) in [6.07, 6.45) is 0.559. The number of aliphatic hydroxyl groups excluding tert-OH is 1. The Morgan fingerprint density at radius 2 is 1.95 bits per heavy atom. The van der Waals surface area contributed by atoms with Crippen molar-refractivity contribution in [3.63, 3.8) is 0 Å². The van der Waals surface area contributed by atoms with Crippen LogP contribution in [0.4, 0.5) is 0 Å². The Labute approximate surface area is 111 Å². The lowest BCUT2D eigenvalue weighted by atomic mass is 10.1. The standard InChI is InChI=1S/C13H17NO5/c1-9(16)14-12(13(17)18)8-19-11-4-2-10(3-5-11)6-7-15/h2-5,12,15H,6-8H2,1H3,(H,14,16)(H,17,18). The number of hydrogen-bond acceptors (Lipinski definition) is 4. The number of carboxylic acids is 1. The fourth-order valence-corrected chi connectivity index (χ4v) is 1.48. The summed E-state index contributed by atoms with van der Waals surface area (Å²) in [5.74, 6) is -1.06. The van der Waals surface area contributed by atoms with E-state index in [2.05, 4.69) is 5.32 Å². The van der Waals surface area contributed by atoms with Gasteiger partial charge >= 0.3 is 5.97 Å². The first-order valence-electron chi connectivity index (χ1n) is 5.85. The van der Waals surface area contributed by atoms with Crippen molar-refractivity contribution in [2.24, 2.45) is 0 Å². The lowest BCUT2D eigenvalue weighted by Crippen LogP contribution is -2.43. The van der Waals surface area contributed by atoms with E-state index in [-0.39, 0.29) is 13.2 Å². The zero-order chi connectivity index (χ0) is 14.3. The Morgan fingerprint density at radius 3 is 2.42 bits per heavy atom. The smallest absolute Gasteiger partial charge is 0.329 e. The van der Waals surface area contributed by atoms with E-state index >= 15 is 0 Å². The van der Waals surface area contributed by atoms with Gasteiger partial charge in [-0.2, -0.15) is 0 Å². The Balaban J connectivity index is 2.54. The first kappa shape index (κ1) is 15.0. The van der Waals surface area contributed by atoms with E-state index in [4.69, 9.17) is 14.9 Å². The molecule has 19 heavy (non-hydrogen) atoms. The van der Waals surface area contributed by atoms with E-state index in [1.165, 1.54) is 6.92 Å². The average molecular weight is 267 g/mol. The van der Waals surface area contributed by atoms with Crippen molar-refractivity contribution in [1.82, 2.24) is 5.32 Å². The van der Waals surface area contributed by atoms with Crippen molar-refractivity contribution in [3.05, 3.63) is 29.8 Å². The van der Waals surface area contributed by atoms with Gasteiger partial charge < -0.3 is 20.3 Å². The number of carbonyl (C=O) groups excluding carboxylic acids is 1. The highest BCUT2D eigenvalue weighted by Gasteiger charge is 2.18. The number of nitrogens with one attached hydrogen (secondary N) is 1. The second kappa shape index (κ2) is 7.38. The zero-order valence-electron chi connectivity index (χ0n) is 10.6. The summed E-state index contributed by atoms with van der Waals surface area (Å²) in [6, 6.07) is 5.89. The summed E-state index contributed by atoms with van der Waals surface area (Å²) in [6.45, 7) is 1.18. The molecule has 3 N–H and O–H groups in total. The number of benzene rings is 1. The Kier molecular flexibility index (Phi) is 5.81. The summed E-state index contributed by atoms with van der Waals surface area (Å²) in [5.41, 5.74) is 0.964. The van der Waals surface area contributed by atoms with Crippen LogP contribution in [0.2, 0.25) is 0 Å². The fraction of sp³-hybridized carbons (Fsp3) is 0.385. The average Bonchev–Trinajstić information content (AvgIpc) is 2.36. The first-order chi connectivity index (χ1) is 9.02. The molecule has 0 saturated heterocycles. The molecule has 104 valence electrons. The van der Waals surface area contributed by atoms with Gasteiger partial charge in [0, 0.05) is 13.5 Å². The van der Waals surface area contributed by atoms with Crippen LogP contribution < -0.4 is 10.1 Å². The minimum Gasteiger partial charge on any atom is -0.491 e. The number of amides is 1. The van der Waals surface area contributed by atoms with Crippen LogP contribution in [0, 0.1) is 0 Å². The van der Waals surface area contributed by atoms with Gasteiger partial charge in [0.25, 0.3) is 0 Å². The van der Waals surface area contributed by atoms with Crippen molar-refractivity contribution >= 4 is 11.9 Å². The van der Waals surface area contributed by atoms with Crippen molar-refractivity contribution in [1.29, 1.82) is 0 Å². The van der Waals surface area contributed by atoms with Crippen LogP contribution in [0.1, 0.15) is 12.5 Å². The predicted molar refractivity (Wildman–Crippen MR) is 68.0 cm³/mol. The molecule has 6 heteroatoms. The van der Waals surface area contributed by atoms with Gasteiger partial charge in [-0.3, -0.25) is 4.79 Å². The molecule has 1 atom stereocenters. The first-order valence-corrected chi connectivity index (χ1v) is 5.85. The summed E-state index contributed by atoms with van der Waals surface area (Å²) >= 11 is 0. The molecule has 0 bridgehead atoms. The van der Waals surface area contributed by atoms with Gasteiger partial charge in [0.1, 0.15) is 12.4 Å².